The summed E-state index contributed by atoms with van der Waals surface area (Å²) in [6.07, 6.45) is 0. The molecule has 0 aliphatic rings. The minimum absolute atomic E-state index is 0.0126. The molecule has 39 heavy (non-hydrogen) atoms. The largest absolute Gasteiger partial charge is 0.478 e. The second-order valence-corrected chi connectivity index (χ2v) is 9.05. The van der Waals surface area contributed by atoms with Crippen LogP contribution in [-0.4, -0.2) is 36.9 Å². The Morgan fingerprint density at radius 1 is 0.949 bits per heavy atom. The van der Waals surface area contributed by atoms with Gasteiger partial charge in [-0.05, 0) is 66.4 Å². The molecular weight excluding hydrogens is 498 g/mol. The summed E-state index contributed by atoms with van der Waals surface area (Å²) in [5, 5.41) is 31.9. The lowest BCUT2D eigenvalue weighted by Gasteiger charge is -2.15. The Labute approximate surface area is 222 Å². The number of carbonyl (C=O) groups is 2. The third-order valence-corrected chi connectivity index (χ3v) is 6.65. The summed E-state index contributed by atoms with van der Waals surface area (Å²) in [5.74, 6) is -1.29. The zero-order chi connectivity index (χ0) is 27.7. The summed E-state index contributed by atoms with van der Waals surface area (Å²) < 4.78 is 1.66. The highest BCUT2D eigenvalue weighted by Crippen LogP contribution is 2.27. The molecule has 10 heteroatoms. The van der Waals surface area contributed by atoms with Crippen LogP contribution in [0.2, 0.25) is 0 Å². The number of aromatic nitrogens is 3. The molecule has 0 aliphatic heterocycles. The van der Waals surface area contributed by atoms with E-state index < -0.39 is 10.9 Å². The fourth-order valence-corrected chi connectivity index (χ4v) is 4.50. The maximum atomic E-state index is 13.1. The van der Waals surface area contributed by atoms with Gasteiger partial charge in [0.05, 0.1) is 27.7 Å². The highest BCUT2D eigenvalue weighted by molar-refractivity contribution is 6.00. The maximum absolute atomic E-state index is 13.1. The average Bonchev–Trinajstić information content (AvgIpc) is 3.38. The molecule has 1 heterocycles. The molecule has 0 saturated carbocycles. The standard InChI is InChI=1S/C29H23N5O5/c1-17-23(28(35)30-18(2)19-7-13-22(14-8-19)34(38)39)15-16-26-27(17)31-32-33(26)21-11-9-20(10-12-21)24-5-3-4-6-25(24)29(36)37/h3-16,18H,1-2H3,(H,30,35)(H,36,37)/t18-/m0/s1. The number of hydrogen-bond acceptors (Lipinski definition) is 6. The van der Waals surface area contributed by atoms with E-state index in [2.05, 4.69) is 15.6 Å². The maximum Gasteiger partial charge on any atom is 0.336 e. The number of benzene rings is 4. The van der Waals surface area contributed by atoms with Crippen molar-refractivity contribution >= 4 is 28.6 Å². The van der Waals surface area contributed by atoms with Crippen molar-refractivity contribution in [3.8, 4) is 16.8 Å². The van der Waals surface area contributed by atoms with Crippen LogP contribution in [0, 0.1) is 17.0 Å². The number of carboxylic acids is 1. The summed E-state index contributed by atoms with van der Waals surface area (Å²) in [5.41, 5.74) is 5.47. The number of nitrogens with zero attached hydrogens (tertiary/aromatic N) is 4. The molecule has 5 aromatic rings. The number of amides is 1. The van der Waals surface area contributed by atoms with Gasteiger partial charge in [-0.1, -0.05) is 47.7 Å². The fourth-order valence-electron chi connectivity index (χ4n) is 4.50. The Kier molecular flexibility index (Phi) is 6.59. The predicted octanol–water partition coefficient (Wildman–Crippen LogP) is 5.49. The molecule has 10 nitrogen and oxygen atoms in total. The van der Waals surface area contributed by atoms with Gasteiger partial charge in [0.2, 0.25) is 0 Å². The molecule has 5 rings (SSSR count). The molecule has 0 unspecified atom stereocenters. The van der Waals surface area contributed by atoms with Crippen LogP contribution in [0.3, 0.4) is 0 Å². The van der Waals surface area contributed by atoms with E-state index >= 15 is 0 Å². The molecule has 0 fully saturated rings. The molecule has 1 atom stereocenters. The first-order chi connectivity index (χ1) is 18.7. The van der Waals surface area contributed by atoms with Crippen molar-refractivity contribution in [2.75, 3.05) is 0 Å². The van der Waals surface area contributed by atoms with Gasteiger partial charge in [0, 0.05) is 17.7 Å². The van der Waals surface area contributed by atoms with Crippen molar-refractivity contribution in [1.82, 2.24) is 20.3 Å². The number of nitro benzene ring substituents is 1. The molecule has 0 aliphatic carbocycles. The normalized spacial score (nSPS) is 11.7. The van der Waals surface area contributed by atoms with Crippen molar-refractivity contribution in [3.05, 3.63) is 117 Å². The third kappa shape index (κ3) is 4.82. The Morgan fingerprint density at radius 2 is 1.64 bits per heavy atom. The average molecular weight is 522 g/mol. The molecule has 0 radical (unpaired) electrons. The Morgan fingerprint density at radius 3 is 2.31 bits per heavy atom. The minimum atomic E-state index is -0.991. The van der Waals surface area contributed by atoms with Gasteiger partial charge in [-0.15, -0.1) is 5.10 Å². The number of hydrogen-bond donors (Lipinski definition) is 2. The molecule has 0 bridgehead atoms. The summed E-state index contributed by atoms with van der Waals surface area (Å²) in [6.45, 7) is 3.61. The van der Waals surface area contributed by atoms with E-state index in [4.69, 9.17) is 0 Å². The van der Waals surface area contributed by atoms with Crippen molar-refractivity contribution < 1.29 is 19.6 Å². The van der Waals surface area contributed by atoms with E-state index in [-0.39, 0.29) is 23.2 Å². The number of nitro groups is 1. The quantitative estimate of drug-likeness (QED) is 0.213. The number of fused-ring (bicyclic) bond motifs is 1. The summed E-state index contributed by atoms with van der Waals surface area (Å²) in [4.78, 5) is 35.1. The molecule has 4 aromatic carbocycles. The van der Waals surface area contributed by atoms with Crippen LogP contribution in [0.25, 0.3) is 27.8 Å². The smallest absolute Gasteiger partial charge is 0.336 e. The monoisotopic (exact) mass is 521 g/mol. The van der Waals surface area contributed by atoms with Crippen LogP contribution >= 0.6 is 0 Å². The second-order valence-electron chi connectivity index (χ2n) is 9.05. The zero-order valence-corrected chi connectivity index (χ0v) is 21.0. The van der Waals surface area contributed by atoms with Gasteiger partial charge in [0.25, 0.3) is 11.6 Å². The summed E-state index contributed by atoms with van der Waals surface area (Å²) >= 11 is 0. The van der Waals surface area contributed by atoms with Crippen molar-refractivity contribution in [2.45, 2.75) is 19.9 Å². The van der Waals surface area contributed by atoms with Crippen LogP contribution < -0.4 is 5.32 Å². The van der Waals surface area contributed by atoms with Gasteiger partial charge in [0.1, 0.15) is 5.52 Å². The van der Waals surface area contributed by atoms with Crippen LogP contribution in [0.4, 0.5) is 5.69 Å². The van der Waals surface area contributed by atoms with Crippen molar-refractivity contribution in [1.29, 1.82) is 0 Å². The lowest BCUT2D eigenvalue weighted by atomic mass is 9.99. The summed E-state index contributed by atoms with van der Waals surface area (Å²) in [6, 6.07) is 23.3. The topological polar surface area (TPSA) is 140 Å². The SMILES string of the molecule is Cc1c(C(=O)N[C@@H](C)c2ccc([N+](=O)[O-])cc2)ccc2c1nnn2-c1ccc(-c2ccccc2C(=O)O)cc1. The number of aromatic carboxylic acids is 1. The van der Waals surface area contributed by atoms with Gasteiger partial charge in [-0.3, -0.25) is 14.9 Å². The number of aryl methyl sites for hydroxylation is 1. The van der Waals surface area contributed by atoms with E-state index in [0.29, 0.717) is 27.7 Å². The lowest BCUT2D eigenvalue weighted by Crippen LogP contribution is -2.27. The number of rotatable bonds is 7. The molecular formula is C29H23N5O5. The van der Waals surface area contributed by atoms with Gasteiger partial charge in [-0.25, -0.2) is 9.48 Å². The number of carbonyl (C=O) groups excluding carboxylic acids is 1. The second kappa shape index (κ2) is 10.2. The molecule has 2 N–H and O–H groups in total. The minimum Gasteiger partial charge on any atom is -0.478 e. The van der Waals surface area contributed by atoms with Crippen molar-refractivity contribution in [2.24, 2.45) is 0 Å². The van der Waals surface area contributed by atoms with E-state index in [1.165, 1.54) is 12.1 Å². The van der Waals surface area contributed by atoms with E-state index in [1.807, 2.05) is 31.2 Å². The highest BCUT2D eigenvalue weighted by Gasteiger charge is 2.19. The highest BCUT2D eigenvalue weighted by atomic mass is 16.6. The Bertz CT molecular complexity index is 1730. The first kappa shape index (κ1) is 25.3. The first-order valence-electron chi connectivity index (χ1n) is 12.1. The molecule has 0 saturated heterocycles. The van der Waals surface area contributed by atoms with E-state index in [9.17, 15) is 24.8 Å². The molecule has 194 valence electrons. The molecule has 1 aromatic heterocycles. The number of carboxylic acid groups (broad SMARTS) is 1. The Balaban J connectivity index is 1.39. The number of nitrogens with one attached hydrogen (secondary N) is 1. The van der Waals surface area contributed by atoms with Crippen LogP contribution in [0.5, 0.6) is 0 Å². The van der Waals surface area contributed by atoms with E-state index in [0.717, 1.165) is 16.8 Å². The van der Waals surface area contributed by atoms with Crippen LogP contribution in [0.1, 0.15) is 44.8 Å². The van der Waals surface area contributed by atoms with Gasteiger partial charge >= 0.3 is 5.97 Å². The molecule has 1 amide bonds. The fraction of sp³-hybridized carbons (Fsp3) is 0.103. The first-order valence-corrected chi connectivity index (χ1v) is 12.1. The molecule has 0 spiro atoms. The number of non-ortho nitro benzene ring substituents is 1. The zero-order valence-electron chi connectivity index (χ0n) is 21.0. The van der Waals surface area contributed by atoms with Crippen LogP contribution in [0.15, 0.2) is 84.9 Å². The summed E-state index contributed by atoms with van der Waals surface area (Å²) in [7, 11) is 0. The van der Waals surface area contributed by atoms with E-state index in [1.54, 1.807) is 60.1 Å². The lowest BCUT2D eigenvalue weighted by molar-refractivity contribution is -0.384. The van der Waals surface area contributed by atoms with Gasteiger partial charge < -0.3 is 10.4 Å². The van der Waals surface area contributed by atoms with Gasteiger partial charge in [-0.2, -0.15) is 0 Å². The predicted molar refractivity (Wildman–Crippen MR) is 145 cm³/mol. The van der Waals surface area contributed by atoms with Gasteiger partial charge in [0.15, 0.2) is 0 Å². The third-order valence-electron chi connectivity index (χ3n) is 6.65. The Hall–Kier alpha value is -5.38. The van der Waals surface area contributed by atoms with Crippen molar-refractivity contribution in [3.63, 3.8) is 0 Å². The van der Waals surface area contributed by atoms with Crippen LogP contribution in [-0.2, 0) is 0 Å².